The minimum absolute atomic E-state index is 0.0532. The van der Waals surface area contributed by atoms with E-state index in [0.717, 1.165) is 12.8 Å². The normalized spacial score (nSPS) is 26.9. The first-order chi connectivity index (χ1) is 6.57. The summed E-state index contributed by atoms with van der Waals surface area (Å²) in [5, 5.41) is 11.5. The molecule has 1 atom stereocenters. The third-order valence-corrected chi connectivity index (χ3v) is 2.37. The van der Waals surface area contributed by atoms with Gasteiger partial charge >= 0.3 is 5.97 Å². The molecule has 0 spiro atoms. The predicted octanol–water partition coefficient (Wildman–Crippen LogP) is 0.146. The maximum atomic E-state index is 11.0. The van der Waals surface area contributed by atoms with Crippen LogP contribution in [0.2, 0.25) is 0 Å². The van der Waals surface area contributed by atoms with Crippen molar-refractivity contribution in [2.75, 3.05) is 13.2 Å². The molecule has 1 fully saturated rings. The standard InChI is InChI=1S/C9H15NO4/c1-7(11)10-6-9(8(12)13)4-2-3-5-14-9/h2-6H2,1H3,(H,10,11)(H,12,13). The molecular weight excluding hydrogens is 186 g/mol. The average Bonchev–Trinajstić information content (AvgIpc) is 2.16. The van der Waals surface area contributed by atoms with E-state index in [1.807, 2.05) is 0 Å². The molecule has 1 unspecified atom stereocenters. The second kappa shape index (κ2) is 4.41. The Morgan fingerprint density at radius 2 is 2.21 bits per heavy atom. The first-order valence-corrected chi connectivity index (χ1v) is 4.69. The van der Waals surface area contributed by atoms with Gasteiger partial charge in [-0.3, -0.25) is 4.79 Å². The van der Waals surface area contributed by atoms with Crippen LogP contribution in [0.5, 0.6) is 0 Å². The molecule has 1 aliphatic heterocycles. The number of carboxylic acid groups (broad SMARTS) is 1. The Hall–Kier alpha value is -1.10. The second-order valence-corrected chi connectivity index (χ2v) is 3.51. The molecule has 0 bridgehead atoms. The van der Waals surface area contributed by atoms with Crippen LogP contribution < -0.4 is 5.32 Å². The van der Waals surface area contributed by atoms with Gasteiger partial charge in [0.05, 0.1) is 6.54 Å². The molecule has 1 aliphatic rings. The lowest BCUT2D eigenvalue weighted by molar-refractivity contribution is -0.171. The first-order valence-electron chi connectivity index (χ1n) is 4.69. The summed E-state index contributed by atoms with van der Waals surface area (Å²) in [6, 6.07) is 0. The number of nitrogens with one attached hydrogen (secondary N) is 1. The van der Waals surface area contributed by atoms with Gasteiger partial charge in [-0.1, -0.05) is 0 Å². The van der Waals surface area contributed by atoms with Gasteiger partial charge in [0, 0.05) is 13.5 Å². The monoisotopic (exact) mass is 201 g/mol. The van der Waals surface area contributed by atoms with E-state index in [4.69, 9.17) is 9.84 Å². The van der Waals surface area contributed by atoms with Gasteiger partial charge in [0.2, 0.25) is 5.91 Å². The highest BCUT2D eigenvalue weighted by molar-refractivity contribution is 5.80. The van der Waals surface area contributed by atoms with E-state index in [0.29, 0.717) is 13.0 Å². The minimum atomic E-state index is -1.20. The molecule has 5 nitrogen and oxygen atoms in total. The molecule has 0 saturated carbocycles. The minimum Gasteiger partial charge on any atom is -0.479 e. The quantitative estimate of drug-likeness (QED) is 0.681. The summed E-state index contributed by atoms with van der Waals surface area (Å²) in [6.07, 6.45) is 2.17. The van der Waals surface area contributed by atoms with Gasteiger partial charge in [-0.05, 0) is 19.3 Å². The van der Waals surface area contributed by atoms with Crippen molar-refractivity contribution in [1.29, 1.82) is 0 Å². The fourth-order valence-corrected chi connectivity index (χ4v) is 1.50. The van der Waals surface area contributed by atoms with Crippen LogP contribution in [0.1, 0.15) is 26.2 Å². The van der Waals surface area contributed by atoms with Crippen LogP contribution in [0.4, 0.5) is 0 Å². The fraction of sp³-hybridized carbons (Fsp3) is 0.778. The van der Waals surface area contributed by atoms with Crippen molar-refractivity contribution in [2.24, 2.45) is 0 Å². The van der Waals surface area contributed by atoms with Gasteiger partial charge in [0.15, 0.2) is 5.60 Å². The molecule has 1 amide bonds. The molecule has 0 aromatic carbocycles. The molecule has 1 saturated heterocycles. The van der Waals surface area contributed by atoms with Gasteiger partial charge in [-0.15, -0.1) is 0 Å². The lowest BCUT2D eigenvalue weighted by Gasteiger charge is -2.33. The molecule has 0 radical (unpaired) electrons. The zero-order chi connectivity index (χ0) is 10.6. The smallest absolute Gasteiger partial charge is 0.337 e. The van der Waals surface area contributed by atoms with Crippen molar-refractivity contribution >= 4 is 11.9 Å². The Morgan fingerprint density at radius 3 is 2.64 bits per heavy atom. The number of amides is 1. The lowest BCUT2D eigenvalue weighted by Crippen LogP contribution is -2.52. The second-order valence-electron chi connectivity index (χ2n) is 3.51. The van der Waals surface area contributed by atoms with Crippen LogP contribution in [0.25, 0.3) is 0 Å². The maximum absolute atomic E-state index is 11.0. The molecule has 0 aromatic rings. The average molecular weight is 201 g/mol. The summed E-state index contributed by atoms with van der Waals surface area (Å²) in [5.74, 6) is -1.23. The Kier molecular flexibility index (Phi) is 3.46. The van der Waals surface area contributed by atoms with Crippen LogP contribution in [-0.4, -0.2) is 35.7 Å². The molecule has 1 heterocycles. The van der Waals surface area contributed by atoms with Gasteiger partial charge in [-0.25, -0.2) is 4.79 Å². The van der Waals surface area contributed by atoms with E-state index < -0.39 is 11.6 Å². The van der Waals surface area contributed by atoms with Gasteiger partial charge in [0.25, 0.3) is 0 Å². The molecule has 2 N–H and O–H groups in total. The van der Waals surface area contributed by atoms with Crippen molar-refractivity contribution < 1.29 is 19.4 Å². The number of aliphatic carboxylic acids is 1. The highest BCUT2D eigenvalue weighted by Gasteiger charge is 2.41. The highest BCUT2D eigenvalue weighted by Crippen LogP contribution is 2.24. The Bertz CT molecular complexity index is 233. The van der Waals surface area contributed by atoms with Gasteiger partial charge in [0.1, 0.15) is 0 Å². The highest BCUT2D eigenvalue weighted by atomic mass is 16.5. The van der Waals surface area contributed by atoms with Crippen molar-refractivity contribution in [3.8, 4) is 0 Å². The van der Waals surface area contributed by atoms with Crippen LogP contribution >= 0.6 is 0 Å². The number of hydrogen-bond acceptors (Lipinski definition) is 3. The van der Waals surface area contributed by atoms with E-state index in [-0.39, 0.29) is 12.5 Å². The Morgan fingerprint density at radius 1 is 1.50 bits per heavy atom. The van der Waals surface area contributed by atoms with Crippen LogP contribution in [0.3, 0.4) is 0 Å². The maximum Gasteiger partial charge on any atom is 0.337 e. The van der Waals surface area contributed by atoms with E-state index in [9.17, 15) is 9.59 Å². The predicted molar refractivity (Wildman–Crippen MR) is 48.9 cm³/mol. The number of rotatable bonds is 3. The van der Waals surface area contributed by atoms with Gasteiger partial charge < -0.3 is 15.2 Å². The summed E-state index contributed by atoms with van der Waals surface area (Å²) < 4.78 is 5.26. The number of hydrogen-bond donors (Lipinski definition) is 2. The van der Waals surface area contributed by atoms with Crippen molar-refractivity contribution in [2.45, 2.75) is 31.8 Å². The van der Waals surface area contributed by atoms with E-state index in [2.05, 4.69) is 5.32 Å². The molecule has 5 heteroatoms. The number of carbonyl (C=O) groups is 2. The third-order valence-electron chi connectivity index (χ3n) is 2.37. The largest absolute Gasteiger partial charge is 0.479 e. The first kappa shape index (κ1) is 11.0. The Balaban J connectivity index is 2.60. The summed E-state index contributed by atoms with van der Waals surface area (Å²) in [6.45, 7) is 1.86. The van der Waals surface area contributed by atoms with Crippen molar-refractivity contribution in [3.63, 3.8) is 0 Å². The third kappa shape index (κ3) is 2.45. The van der Waals surface area contributed by atoms with E-state index in [1.165, 1.54) is 6.92 Å². The molecular formula is C9H15NO4. The molecule has 0 aromatic heterocycles. The topological polar surface area (TPSA) is 75.6 Å². The zero-order valence-electron chi connectivity index (χ0n) is 8.21. The fourth-order valence-electron chi connectivity index (χ4n) is 1.50. The molecule has 14 heavy (non-hydrogen) atoms. The van der Waals surface area contributed by atoms with Crippen LogP contribution in [0.15, 0.2) is 0 Å². The molecule has 0 aliphatic carbocycles. The SMILES string of the molecule is CC(=O)NCC1(C(=O)O)CCCCO1. The molecule has 80 valence electrons. The number of ether oxygens (including phenoxy) is 1. The van der Waals surface area contributed by atoms with Crippen molar-refractivity contribution in [1.82, 2.24) is 5.32 Å². The summed E-state index contributed by atoms with van der Waals surface area (Å²) in [7, 11) is 0. The summed E-state index contributed by atoms with van der Waals surface area (Å²) in [4.78, 5) is 21.7. The zero-order valence-corrected chi connectivity index (χ0v) is 8.21. The number of carbonyl (C=O) groups excluding carboxylic acids is 1. The van der Waals surface area contributed by atoms with Crippen LogP contribution in [0, 0.1) is 0 Å². The van der Waals surface area contributed by atoms with Gasteiger partial charge in [-0.2, -0.15) is 0 Å². The molecule has 1 rings (SSSR count). The van der Waals surface area contributed by atoms with E-state index >= 15 is 0 Å². The number of carboxylic acids is 1. The van der Waals surface area contributed by atoms with E-state index in [1.54, 1.807) is 0 Å². The lowest BCUT2D eigenvalue weighted by atomic mass is 9.94. The summed E-state index contributed by atoms with van der Waals surface area (Å²) in [5.41, 5.74) is -1.20. The van der Waals surface area contributed by atoms with Crippen LogP contribution in [-0.2, 0) is 14.3 Å². The summed E-state index contributed by atoms with van der Waals surface area (Å²) >= 11 is 0. The Labute approximate surface area is 82.4 Å². The van der Waals surface area contributed by atoms with Crippen molar-refractivity contribution in [3.05, 3.63) is 0 Å².